The first-order valence-corrected chi connectivity index (χ1v) is 24.5. The van der Waals surface area contributed by atoms with Crippen molar-refractivity contribution in [2.75, 3.05) is 9.80 Å². The molecule has 0 spiro atoms. The predicted molar refractivity (Wildman–Crippen MR) is 274 cm³/mol. The maximum Gasteiger partial charge on any atom is 0.252 e. The number of rotatable bonds is 8. The molecule has 2 nitrogen and oxygen atoms in total. The third-order valence-electron chi connectivity index (χ3n) is 16.1. The number of fused-ring (bicyclic) bond motifs is 4. The van der Waals surface area contributed by atoms with Crippen LogP contribution < -0.4 is 26.2 Å². The van der Waals surface area contributed by atoms with Gasteiger partial charge in [-0.1, -0.05) is 175 Å². The normalized spacial score (nSPS) is 16.6. The first-order valence-electron chi connectivity index (χ1n) is 24.5. The van der Waals surface area contributed by atoms with Crippen molar-refractivity contribution in [3.05, 3.63) is 197 Å². The van der Waals surface area contributed by atoms with Gasteiger partial charge in [0.2, 0.25) is 0 Å². The summed E-state index contributed by atoms with van der Waals surface area (Å²) < 4.78 is 0. The molecule has 2 saturated carbocycles. The molecule has 0 N–H and O–H groups in total. The summed E-state index contributed by atoms with van der Waals surface area (Å²) in [6.45, 7) is 11.9. The van der Waals surface area contributed by atoms with E-state index in [1.165, 1.54) is 154 Å². The van der Waals surface area contributed by atoms with E-state index in [0.29, 0.717) is 11.8 Å². The molecular formula is C61H63BN2. The van der Waals surface area contributed by atoms with Gasteiger partial charge >= 0.3 is 0 Å². The van der Waals surface area contributed by atoms with Crippen LogP contribution in [0.15, 0.2) is 158 Å². The number of anilines is 6. The molecule has 0 unspecified atom stereocenters. The molecule has 0 saturated heterocycles. The van der Waals surface area contributed by atoms with E-state index in [2.05, 4.69) is 202 Å². The molecule has 64 heavy (non-hydrogen) atoms. The standard InChI is InChI=1S/C61H63BN2/c1-42-38-57-59-58(39-42)64(52-34-28-46(29-35-52)44-20-12-7-13-21-44)56-37-31-50(61(4,5)48-24-16-9-17-25-48)41-54(56)62(59)53-40-49(60(2,3)47-22-14-8-15-23-47)30-36-55(53)63(57)51-32-26-45(27-33-51)43-18-10-6-11-19-43/h8-9,14-17,22-41,43-44H,6-7,10-13,18-21H2,1-5H3. The van der Waals surface area contributed by atoms with Crippen LogP contribution in [-0.4, -0.2) is 6.71 Å². The molecule has 3 heteroatoms. The molecule has 2 heterocycles. The van der Waals surface area contributed by atoms with Crippen LogP contribution in [0.4, 0.5) is 34.1 Å². The summed E-state index contributed by atoms with van der Waals surface area (Å²) >= 11 is 0. The summed E-state index contributed by atoms with van der Waals surface area (Å²) in [6, 6.07) is 61.4. The van der Waals surface area contributed by atoms with Crippen LogP contribution in [0.2, 0.25) is 0 Å². The van der Waals surface area contributed by atoms with E-state index < -0.39 is 0 Å². The highest BCUT2D eigenvalue weighted by Crippen LogP contribution is 2.47. The van der Waals surface area contributed by atoms with E-state index in [1.807, 2.05) is 0 Å². The summed E-state index contributed by atoms with van der Waals surface area (Å²) in [5.74, 6) is 1.33. The molecule has 0 aromatic heterocycles. The first kappa shape index (κ1) is 40.9. The van der Waals surface area contributed by atoms with Crippen LogP contribution in [0.5, 0.6) is 0 Å². The van der Waals surface area contributed by atoms with Crippen molar-refractivity contribution in [3.63, 3.8) is 0 Å². The average molecular weight is 835 g/mol. The number of benzene rings is 7. The molecule has 0 radical (unpaired) electrons. The van der Waals surface area contributed by atoms with Crippen LogP contribution in [0.25, 0.3) is 0 Å². The van der Waals surface area contributed by atoms with Crippen molar-refractivity contribution < 1.29 is 0 Å². The summed E-state index contributed by atoms with van der Waals surface area (Å²) in [4.78, 5) is 5.21. The zero-order valence-electron chi connectivity index (χ0n) is 38.7. The van der Waals surface area contributed by atoms with E-state index >= 15 is 0 Å². The maximum atomic E-state index is 2.61. The molecule has 2 fully saturated rings. The van der Waals surface area contributed by atoms with Crippen molar-refractivity contribution in [3.8, 4) is 0 Å². The Hall–Kier alpha value is -5.80. The molecular weight excluding hydrogens is 771 g/mol. The van der Waals surface area contributed by atoms with Crippen LogP contribution in [0, 0.1) is 6.92 Å². The third kappa shape index (κ3) is 7.02. The Kier molecular flexibility index (Phi) is 10.4. The second-order valence-electron chi connectivity index (χ2n) is 20.7. The third-order valence-corrected chi connectivity index (χ3v) is 16.1. The topological polar surface area (TPSA) is 6.48 Å². The van der Waals surface area contributed by atoms with Gasteiger partial charge in [0.25, 0.3) is 6.71 Å². The monoisotopic (exact) mass is 835 g/mol. The van der Waals surface area contributed by atoms with Crippen molar-refractivity contribution in [2.24, 2.45) is 0 Å². The Labute approximate surface area is 383 Å². The molecule has 0 bridgehead atoms. The van der Waals surface area contributed by atoms with Gasteiger partial charge in [0, 0.05) is 45.0 Å². The van der Waals surface area contributed by atoms with Crippen LogP contribution in [0.3, 0.4) is 0 Å². The molecule has 320 valence electrons. The lowest BCUT2D eigenvalue weighted by Crippen LogP contribution is -2.61. The van der Waals surface area contributed by atoms with Crippen molar-refractivity contribution >= 4 is 57.2 Å². The summed E-state index contributed by atoms with van der Waals surface area (Å²) in [5, 5.41) is 0. The lowest BCUT2D eigenvalue weighted by Gasteiger charge is -2.45. The van der Waals surface area contributed by atoms with Crippen LogP contribution in [0.1, 0.15) is 143 Å². The minimum Gasteiger partial charge on any atom is -0.311 e. The van der Waals surface area contributed by atoms with Crippen molar-refractivity contribution in [1.29, 1.82) is 0 Å². The average Bonchev–Trinajstić information content (AvgIpc) is 3.34. The lowest BCUT2D eigenvalue weighted by atomic mass is 9.33. The molecule has 2 aliphatic heterocycles. The highest BCUT2D eigenvalue weighted by molar-refractivity contribution is 7.00. The van der Waals surface area contributed by atoms with E-state index in [9.17, 15) is 0 Å². The molecule has 0 atom stereocenters. The summed E-state index contributed by atoms with van der Waals surface area (Å²) in [7, 11) is 0. The van der Waals surface area contributed by atoms with Gasteiger partial charge in [0.1, 0.15) is 0 Å². The van der Waals surface area contributed by atoms with Gasteiger partial charge in [-0.05, 0) is 148 Å². The van der Waals surface area contributed by atoms with Gasteiger partial charge in [-0.2, -0.15) is 0 Å². The Balaban J connectivity index is 1.15. The number of hydrogen-bond acceptors (Lipinski definition) is 2. The zero-order chi connectivity index (χ0) is 43.6. The fraction of sp³-hybridized carbons (Fsp3) is 0.311. The quantitative estimate of drug-likeness (QED) is 0.141. The molecule has 7 aromatic rings. The second-order valence-corrected chi connectivity index (χ2v) is 20.7. The lowest BCUT2D eigenvalue weighted by molar-refractivity contribution is 0.443. The zero-order valence-corrected chi connectivity index (χ0v) is 38.7. The smallest absolute Gasteiger partial charge is 0.252 e. The highest BCUT2D eigenvalue weighted by Gasteiger charge is 2.45. The summed E-state index contributed by atoms with van der Waals surface area (Å²) in [5.41, 5.74) is 20.9. The number of hydrogen-bond donors (Lipinski definition) is 0. The minimum atomic E-state index is -0.195. The van der Waals surface area contributed by atoms with Gasteiger partial charge in [0.05, 0.1) is 0 Å². The number of nitrogens with zero attached hydrogens (tertiary/aromatic N) is 2. The van der Waals surface area contributed by atoms with Gasteiger partial charge in [0.15, 0.2) is 0 Å². The largest absolute Gasteiger partial charge is 0.311 e. The fourth-order valence-corrected chi connectivity index (χ4v) is 12.2. The van der Waals surface area contributed by atoms with E-state index in [-0.39, 0.29) is 17.5 Å². The first-order chi connectivity index (χ1) is 31.2. The SMILES string of the molecule is Cc1cc2c3c(c1)N(c1ccc(C4CCCCC4)cc1)c1ccc(C(C)(C)c4ccccc4)cc1B3c1cc(C(C)(C)c3ccccc3)ccc1N2c1ccc(C2CCCCC2)cc1. The molecule has 7 aromatic carbocycles. The maximum absolute atomic E-state index is 2.61. The Morgan fingerprint density at radius 3 is 1.19 bits per heavy atom. The predicted octanol–water partition coefficient (Wildman–Crippen LogP) is 14.8. The van der Waals surface area contributed by atoms with Gasteiger partial charge in [-0.15, -0.1) is 0 Å². The highest BCUT2D eigenvalue weighted by atomic mass is 15.2. The van der Waals surface area contributed by atoms with Gasteiger partial charge in [-0.25, -0.2) is 0 Å². The summed E-state index contributed by atoms with van der Waals surface area (Å²) in [6.07, 6.45) is 13.3. The number of aryl methyl sites for hydroxylation is 1. The van der Waals surface area contributed by atoms with Crippen LogP contribution in [-0.2, 0) is 10.8 Å². The van der Waals surface area contributed by atoms with E-state index in [4.69, 9.17) is 0 Å². The van der Waals surface area contributed by atoms with E-state index in [1.54, 1.807) is 0 Å². The second kappa shape index (κ2) is 16.3. The molecule has 4 aliphatic rings. The van der Waals surface area contributed by atoms with Gasteiger partial charge < -0.3 is 9.80 Å². The Morgan fingerprint density at radius 1 is 0.406 bits per heavy atom. The van der Waals surface area contributed by atoms with E-state index in [0.717, 1.165) is 0 Å². The van der Waals surface area contributed by atoms with Crippen molar-refractivity contribution in [2.45, 2.75) is 121 Å². The Morgan fingerprint density at radius 2 is 0.797 bits per heavy atom. The van der Waals surface area contributed by atoms with Gasteiger partial charge in [-0.3, -0.25) is 0 Å². The molecule has 2 aliphatic carbocycles. The van der Waals surface area contributed by atoms with Crippen LogP contribution >= 0.6 is 0 Å². The molecule has 11 rings (SSSR count). The minimum absolute atomic E-state index is 0.0316. The Bertz CT molecular complexity index is 2600. The van der Waals surface area contributed by atoms with Crippen molar-refractivity contribution in [1.82, 2.24) is 0 Å². The molecule has 0 amide bonds. The fourth-order valence-electron chi connectivity index (χ4n) is 12.2.